The Balaban J connectivity index is 2.30. The monoisotopic (exact) mass is 218 g/mol. The van der Waals surface area contributed by atoms with Crippen molar-refractivity contribution < 1.29 is 4.74 Å². The van der Waals surface area contributed by atoms with Gasteiger partial charge in [-0.25, -0.2) is 0 Å². The summed E-state index contributed by atoms with van der Waals surface area (Å²) in [6.45, 7) is 7.55. The van der Waals surface area contributed by atoms with E-state index in [9.17, 15) is 0 Å². The van der Waals surface area contributed by atoms with E-state index in [2.05, 4.69) is 11.4 Å². The highest BCUT2D eigenvalue weighted by molar-refractivity contribution is 5.47. The normalized spacial score (nSPS) is 10.9. The maximum Gasteiger partial charge on any atom is 0.0991 e. The zero-order valence-corrected chi connectivity index (χ0v) is 10.1. The largest absolute Gasteiger partial charge is 0.383 e. The summed E-state index contributed by atoms with van der Waals surface area (Å²) < 4.78 is 5.58. The van der Waals surface area contributed by atoms with Gasteiger partial charge in [-0.2, -0.15) is 5.26 Å². The molecule has 0 aliphatic rings. The molecule has 1 aromatic carbocycles. The average Bonchev–Trinajstić information content (AvgIpc) is 2.24. The Labute approximate surface area is 97.0 Å². The molecule has 0 aliphatic carbocycles. The number of hydrogen-bond donors (Lipinski definition) is 1. The number of anilines is 1. The fraction of sp³-hybridized carbons (Fsp3) is 0.462. The third-order valence-corrected chi connectivity index (χ3v) is 1.98. The van der Waals surface area contributed by atoms with Crippen LogP contribution in [0.15, 0.2) is 24.3 Å². The number of nitrogens with zero attached hydrogens (tertiary/aromatic N) is 1. The smallest absolute Gasteiger partial charge is 0.0991 e. The standard InChI is InChI=1S/C13H18N2O/c1-13(2,3)16-9-8-15-12-6-4-11(10-14)5-7-12/h4-7,15H,8-9H2,1-3H3. The number of hydrogen-bond acceptors (Lipinski definition) is 3. The van der Waals surface area contributed by atoms with Crippen molar-refractivity contribution in [1.82, 2.24) is 0 Å². The van der Waals surface area contributed by atoms with Crippen LogP contribution in [0.25, 0.3) is 0 Å². The molecule has 0 heterocycles. The molecule has 1 aromatic rings. The van der Waals surface area contributed by atoms with Gasteiger partial charge in [-0.1, -0.05) is 0 Å². The van der Waals surface area contributed by atoms with E-state index in [0.717, 1.165) is 12.2 Å². The Morgan fingerprint density at radius 2 is 1.88 bits per heavy atom. The number of nitriles is 1. The van der Waals surface area contributed by atoms with Crippen molar-refractivity contribution in [2.45, 2.75) is 26.4 Å². The molecule has 0 aromatic heterocycles. The number of rotatable bonds is 4. The van der Waals surface area contributed by atoms with Crippen molar-refractivity contribution in [3.05, 3.63) is 29.8 Å². The first-order valence-electron chi connectivity index (χ1n) is 5.39. The molecule has 86 valence electrons. The van der Waals surface area contributed by atoms with Gasteiger partial charge < -0.3 is 10.1 Å². The number of ether oxygens (including phenoxy) is 1. The number of benzene rings is 1. The quantitative estimate of drug-likeness (QED) is 0.790. The number of nitrogens with one attached hydrogen (secondary N) is 1. The molecule has 0 bridgehead atoms. The summed E-state index contributed by atoms with van der Waals surface area (Å²) >= 11 is 0. The maximum atomic E-state index is 8.64. The summed E-state index contributed by atoms with van der Waals surface area (Å²) in [6.07, 6.45) is 0. The molecule has 1 N–H and O–H groups in total. The van der Waals surface area contributed by atoms with E-state index in [-0.39, 0.29) is 5.60 Å². The molecule has 1 rings (SSSR count). The lowest BCUT2D eigenvalue weighted by Crippen LogP contribution is -2.23. The van der Waals surface area contributed by atoms with E-state index in [0.29, 0.717) is 12.2 Å². The van der Waals surface area contributed by atoms with Crippen LogP contribution in [-0.2, 0) is 4.74 Å². The van der Waals surface area contributed by atoms with Gasteiger partial charge in [-0.15, -0.1) is 0 Å². The Morgan fingerprint density at radius 3 is 2.38 bits per heavy atom. The molecule has 0 spiro atoms. The highest BCUT2D eigenvalue weighted by atomic mass is 16.5. The third kappa shape index (κ3) is 4.81. The van der Waals surface area contributed by atoms with Crippen LogP contribution in [0.3, 0.4) is 0 Å². The van der Waals surface area contributed by atoms with Crippen molar-refractivity contribution in [3.63, 3.8) is 0 Å². The summed E-state index contributed by atoms with van der Waals surface area (Å²) in [5.74, 6) is 0. The van der Waals surface area contributed by atoms with Gasteiger partial charge in [-0.3, -0.25) is 0 Å². The Bertz CT molecular complexity index is 357. The Kier molecular flexibility index (Phi) is 4.33. The van der Waals surface area contributed by atoms with Crippen LogP contribution in [0.2, 0.25) is 0 Å². The zero-order valence-electron chi connectivity index (χ0n) is 10.1. The van der Waals surface area contributed by atoms with Crippen molar-refractivity contribution in [2.24, 2.45) is 0 Å². The first-order chi connectivity index (χ1) is 7.51. The van der Waals surface area contributed by atoms with Gasteiger partial charge in [0.15, 0.2) is 0 Å². The third-order valence-electron chi connectivity index (χ3n) is 1.98. The van der Waals surface area contributed by atoms with Gasteiger partial charge in [0, 0.05) is 12.2 Å². The lowest BCUT2D eigenvalue weighted by atomic mass is 10.2. The minimum atomic E-state index is -0.0909. The molecular weight excluding hydrogens is 200 g/mol. The van der Waals surface area contributed by atoms with Gasteiger partial charge in [0.25, 0.3) is 0 Å². The van der Waals surface area contributed by atoms with Crippen LogP contribution in [0, 0.1) is 11.3 Å². The van der Waals surface area contributed by atoms with E-state index in [1.54, 1.807) is 12.1 Å². The molecule has 0 radical (unpaired) electrons. The van der Waals surface area contributed by atoms with E-state index < -0.39 is 0 Å². The van der Waals surface area contributed by atoms with Crippen molar-refractivity contribution in [1.29, 1.82) is 5.26 Å². The predicted molar refractivity (Wildman–Crippen MR) is 65.4 cm³/mol. The molecule has 0 atom stereocenters. The van der Waals surface area contributed by atoms with E-state index in [1.807, 2.05) is 32.9 Å². The second-order valence-corrected chi connectivity index (χ2v) is 4.58. The van der Waals surface area contributed by atoms with Gasteiger partial charge in [0.05, 0.1) is 23.8 Å². The van der Waals surface area contributed by atoms with Crippen LogP contribution in [0.1, 0.15) is 26.3 Å². The van der Waals surface area contributed by atoms with Crippen molar-refractivity contribution in [3.8, 4) is 6.07 Å². The molecule has 16 heavy (non-hydrogen) atoms. The molecule has 3 heteroatoms. The zero-order chi connectivity index (χ0) is 12.0. The molecular formula is C13H18N2O. The van der Waals surface area contributed by atoms with E-state index in [1.165, 1.54) is 0 Å². The van der Waals surface area contributed by atoms with Crippen molar-refractivity contribution >= 4 is 5.69 Å². The molecule has 0 fully saturated rings. The molecule has 3 nitrogen and oxygen atoms in total. The minimum Gasteiger partial charge on any atom is -0.383 e. The van der Waals surface area contributed by atoms with E-state index in [4.69, 9.17) is 10.00 Å². The van der Waals surface area contributed by atoms with Crippen LogP contribution < -0.4 is 5.32 Å². The van der Waals surface area contributed by atoms with Crippen LogP contribution >= 0.6 is 0 Å². The summed E-state index contributed by atoms with van der Waals surface area (Å²) in [5, 5.41) is 11.9. The fourth-order valence-electron chi connectivity index (χ4n) is 1.22. The molecule has 0 aliphatic heterocycles. The average molecular weight is 218 g/mol. The Hall–Kier alpha value is -1.53. The topological polar surface area (TPSA) is 45.0 Å². The van der Waals surface area contributed by atoms with Gasteiger partial charge in [0.2, 0.25) is 0 Å². The first-order valence-corrected chi connectivity index (χ1v) is 5.39. The van der Waals surface area contributed by atoms with Crippen LogP contribution in [0.5, 0.6) is 0 Å². The fourth-order valence-corrected chi connectivity index (χ4v) is 1.22. The van der Waals surface area contributed by atoms with E-state index >= 15 is 0 Å². The van der Waals surface area contributed by atoms with Crippen LogP contribution in [-0.4, -0.2) is 18.8 Å². The highest BCUT2D eigenvalue weighted by Crippen LogP contribution is 2.09. The first kappa shape index (κ1) is 12.5. The lowest BCUT2D eigenvalue weighted by molar-refractivity contribution is 0.00333. The molecule has 0 saturated heterocycles. The van der Waals surface area contributed by atoms with Gasteiger partial charge in [0.1, 0.15) is 0 Å². The maximum absolute atomic E-state index is 8.64. The minimum absolute atomic E-state index is 0.0909. The van der Waals surface area contributed by atoms with Gasteiger partial charge in [-0.05, 0) is 45.0 Å². The second kappa shape index (κ2) is 5.53. The van der Waals surface area contributed by atoms with Gasteiger partial charge >= 0.3 is 0 Å². The molecule has 0 amide bonds. The lowest BCUT2D eigenvalue weighted by Gasteiger charge is -2.19. The highest BCUT2D eigenvalue weighted by Gasteiger charge is 2.08. The Morgan fingerprint density at radius 1 is 1.25 bits per heavy atom. The summed E-state index contributed by atoms with van der Waals surface area (Å²) in [5.41, 5.74) is 1.60. The second-order valence-electron chi connectivity index (χ2n) is 4.58. The van der Waals surface area contributed by atoms with Crippen LogP contribution in [0.4, 0.5) is 5.69 Å². The van der Waals surface area contributed by atoms with Crippen molar-refractivity contribution in [2.75, 3.05) is 18.5 Å². The molecule has 0 unspecified atom stereocenters. The SMILES string of the molecule is CC(C)(C)OCCNc1ccc(C#N)cc1. The summed E-state index contributed by atoms with van der Waals surface area (Å²) in [4.78, 5) is 0. The summed E-state index contributed by atoms with van der Waals surface area (Å²) in [7, 11) is 0. The molecule has 0 saturated carbocycles. The predicted octanol–water partition coefficient (Wildman–Crippen LogP) is 2.79. The summed E-state index contributed by atoms with van der Waals surface area (Å²) in [6, 6.07) is 9.48.